The highest BCUT2D eigenvalue weighted by atomic mass is 19.1. The minimum absolute atomic E-state index is 0.100. The lowest BCUT2D eigenvalue weighted by molar-refractivity contribution is 0.0695. The fourth-order valence-electron chi connectivity index (χ4n) is 4.90. The van der Waals surface area contributed by atoms with Gasteiger partial charge in [0.1, 0.15) is 11.3 Å². The van der Waals surface area contributed by atoms with Crippen molar-refractivity contribution in [1.82, 2.24) is 4.57 Å². The van der Waals surface area contributed by atoms with Crippen molar-refractivity contribution >= 4 is 28.2 Å². The Balaban J connectivity index is 2.02. The molecule has 1 aliphatic carbocycles. The largest absolute Gasteiger partial charge is 0.477 e. The van der Waals surface area contributed by atoms with Crippen LogP contribution >= 0.6 is 0 Å². The highest BCUT2D eigenvalue weighted by Crippen LogP contribution is 2.43. The number of aromatic carboxylic acids is 1. The third-order valence-corrected chi connectivity index (χ3v) is 6.26. The van der Waals surface area contributed by atoms with Crippen molar-refractivity contribution < 1.29 is 18.7 Å². The Labute approximate surface area is 173 Å². The van der Waals surface area contributed by atoms with Gasteiger partial charge in [0.2, 0.25) is 5.43 Å². The number of aromatic nitrogens is 1. The first kappa shape index (κ1) is 20.6. The van der Waals surface area contributed by atoms with Crippen LogP contribution < -0.4 is 16.1 Å². The molecule has 6 nitrogen and oxygen atoms in total. The average molecular weight is 419 g/mol. The number of halogens is 2. The first-order chi connectivity index (χ1) is 14.0. The molecule has 30 heavy (non-hydrogen) atoms. The van der Waals surface area contributed by atoms with Crippen molar-refractivity contribution in [2.24, 2.45) is 11.3 Å². The number of benzene rings is 1. The summed E-state index contributed by atoms with van der Waals surface area (Å²) in [5.74, 6) is -2.86. The molecule has 0 bridgehead atoms. The fraction of sp³-hybridized carbons (Fsp3) is 0.545. The number of carboxylic acid groups (broad SMARTS) is 1. The van der Waals surface area contributed by atoms with Crippen molar-refractivity contribution in [3.8, 4) is 0 Å². The predicted molar refractivity (Wildman–Crippen MR) is 112 cm³/mol. The van der Waals surface area contributed by atoms with E-state index in [1.54, 1.807) is 4.90 Å². The normalized spacial score (nSPS) is 21.6. The van der Waals surface area contributed by atoms with Gasteiger partial charge in [-0.1, -0.05) is 20.8 Å². The quantitative estimate of drug-likeness (QED) is 0.730. The summed E-state index contributed by atoms with van der Waals surface area (Å²) in [7, 11) is 0. The molecule has 1 saturated heterocycles. The second kappa shape index (κ2) is 6.96. The Bertz CT molecular complexity index is 1110. The summed E-state index contributed by atoms with van der Waals surface area (Å²) >= 11 is 0. The van der Waals surface area contributed by atoms with Crippen LogP contribution in [0.2, 0.25) is 0 Å². The van der Waals surface area contributed by atoms with Crippen molar-refractivity contribution in [1.29, 1.82) is 0 Å². The van der Waals surface area contributed by atoms with Crippen LogP contribution in [0.25, 0.3) is 10.9 Å². The van der Waals surface area contributed by atoms with E-state index in [2.05, 4.69) is 20.8 Å². The highest BCUT2D eigenvalue weighted by Gasteiger charge is 2.35. The van der Waals surface area contributed by atoms with Crippen LogP contribution in [0, 0.1) is 23.0 Å². The third-order valence-electron chi connectivity index (χ3n) is 6.26. The first-order valence-corrected chi connectivity index (χ1v) is 10.4. The van der Waals surface area contributed by atoms with Gasteiger partial charge in [-0.05, 0) is 37.0 Å². The zero-order valence-electron chi connectivity index (χ0n) is 17.5. The second-order valence-corrected chi connectivity index (χ2v) is 9.61. The van der Waals surface area contributed by atoms with E-state index in [1.807, 2.05) is 0 Å². The van der Waals surface area contributed by atoms with Crippen LogP contribution in [0.5, 0.6) is 0 Å². The van der Waals surface area contributed by atoms with E-state index in [4.69, 9.17) is 5.73 Å². The van der Waals surface area contributed by atoms with Gasteiger partial charge in [-0.25, -0.2) is 13.6 Å². The zero-order valence-corrected chi connectivity index (χ0v) is 17.5. The smallest absolute Gasteiger partial charge is 0.341 e. The number of rotatable bonds is 3. The second-order valence-electron chi connectivity index (χ2n) is 9.61. The highest BCUT2D eigenvalue weighted by molar-refractivity contribution is 5.99. The lowest BCUT2D eigenvalue weighted by Gasteiger charge is -2.32. The Kier molecular flexibility index (Phi) is 4.78. The molecule has 2 heterocycles. The summed E-state index contributed by atoms with van der Waals surface area (Å²) < 4.78 is 32.8. The lowest BCUT2D eigenvalue weighted by Crippen LogP contribution is -2.34. The Morgan fingerprint density at radius 2 is 1.90 bits per heavy atom. The molecule has 2 aromatic rings. The molecule has 1 aliphatic heterocycles. The Morgan fingerprint density at radius 1 is 1.23 bits per heavy atom. The summed E-state index contributed by atoms with van der Waals surface area (Å²) in [5.41, 5.74) is 3.56. The number of nitrogens with two attached hydrogens (primary N) is 1. The van der Waals surface area contributed by atoms with E-state index in [0.29, 0.717) is 19.0 Å². The molecule has 1 saturated carbocycles. The zero-order chi connectivity index (χ0) is 22.0. The molecular weight excluding hydrogens is 392 g/mol. The molecular formula is C22H27F2N3O3. The molecule has 162 valence electrons. The summed E-state index contributed by atoms with van der Waals surface area (Å²) in [6, 6.07) is -0.126. The number of nitrogen functional groups attached to an aromatic ring is 1. The molecule has 0 amide bonds. The van der Waals surface area contributed by atoms with Crippen LogP contribution in [0.15, 0.2) is 11.0 Å². The molecule has 4 rings (SSSR count). The van der Waals surface area contributed by atoms with E-state index in [0.717, 1.165) is 25.7 Å². The number of carbonyl (C=O) groups is 1. The summed E-state index contributed by atoms with van der Waals surface area (Å²) in [5, 5.41) is 9.02. The number of nitrogens with zero attached hydrogens (tertiary/aromatic N) is 2. The maximum atomic E-state index is 15.9. The lowest BCUT2D eigenvalue weighted by atomic mass is 9.83. The molecule has 1 unspecified atom stereocenters. The first-order valence-electron chi connectivity index (χ1n) is 10.4. The van der Waals surface area contributed by atoms with Gasteiger partial charge in [-0.15, -0.1) is 0 Å². The van der Waals surface area contributed by atoms with E-state index in [9.17, 15) is 14.7 Å². The van der Waals surface area contributed by atoms with Crippen molar-refractivity contribution in [3.05, 3.63) is 33.6 Å². The van der Waals surface area contributed by atoms with Crippen molar-refractivity contribution in [3.63, 3.8) is 0 Å². The molecule has 1 aromatic carbocycles. The Hall–Kier alpha value is -2.64. The predicted octanol–water partition coefficient (Wildman–Crippen LogP) is 4.16. The minimum Gasteiger partial charge on any atom is -0.477 e. The molecule has 2 aliphatic rings. The van der Waals surface area contributed by atoms with Crippen molar-refractivity contribution in [2.75, 3.05) is 23.7 Å². The van der Waals surface area contributed by atoms with Gasteiger partial charge >= 0.3 is 5.97 Å². The van der Waals surface area contributed by atoms with Crippen LogP contribution in [0.4, 0.5) is 20.2 Å². The molecule has 0 spiro atoms. The number of fused-ring (bicyclic) bond motifs is 1. The van der Waals surface area contributed by atoms with E-state index in [-0.39, 0.29) is 28.0 Å². The Morgan fingerprint density at radius 3 is 2.50 bits per heavy atom. The van der Waals surface area contributed by atoms with Crippen molar-refractivity contribution in [2.45, 2.75) is 52.5 Å². The number of carboxylic acids is 1. The van der Waals surface area contributed by atoms with Gasteiger partial charge in [-0.3, -0.25) is 4.79 Å². The van der Waals surface area contributed by atoms with Crippen LogP contribution in [-0.2, 0) is 0 Å². The number of anilines is 2. The summed E-state index contributed by atoms with van der Waals surface area (Å²) in [6.07, 6.45) is 4.36. The molecule has 3 N–H and O–H groups in total. The molecule has 8 heteroatoms. The van der Waals surface area contributed by atoms with E-state index < -0.39 is 34.3 Å². The topological polar surface area (TPSA) is 88.6 Å². The van der Waals surface area contributed by atoms with Gasteiger partial charge in [-0.2, -0.15) is 0 Å². The van der Waals surface area contributed by atoms with Gasteiger partial charge < -0.3 is 20.3 Å². The molecule has 0 radical (unpaired) electrons. The number of pyridine rings is 1. The molecule has 2 fully saturated rings. The maximum absolute atomic E-state index is 15.9. The summed E-state index contributed by atoms with van der Waals surface area (Å²) in [4.78, 5) is 26.0. The standard InChI is InChI=1S/C22H27F2N3O3/c1-11-6-7-26(10-22(2,3)8-11)19-15(23)17(25)14-18(16(19)24)27(12-4-5-12)9-13(20(14)28)21(29)30/h9,11-12H,4-8,10,25H2,1-3H3,(H,29,30). The van der Waals surface area contributed by atoms with Gasteiger partial charge in [0.15, 0.2) is 11.6 Å². The third kappa shape index (κ3) is 3.32. The number of hydrogen-bond donors (Lipinski definition) is 2. The SMILES string of the molecule is CC1CCN(c2c(F)c(N)c3c(=O)c(C(=O)O)cn(C4CC4)c3c2F)CC(C)(C)C1. The summed E-state index contributed by atoms with van der Waals surface area (Å²) in [6.45, 7) is 7.20. The van der Waals surface area contributed by atoms with Crippen LogP contribution in [0.3, 0.4) is 0 Å². The number of hydrogen-bond acceptors (Lipinski definition) is 4. The van der Waals surface area contributed by atoms with Crippen LogP contribution in [-0.4, -0.2) is 28.7 Å². The van der Waals surface area contributed by atoms with Gasteiger partial charge in [0.05, 0.1) is 16.6 Å². The van der Waals surface area contributed by atoms with E-state index >= 15 is 8.78 Å². The monoisotopic (exact) mass is 419 g/mol. The molecule has 1 atom stereocenters. The minimum atomic E-state index is -1.44. The van der Waals surface area contributed by atoms with Gasteiger partial charge in [0.25, 0.3) is 0 Å². The maximum Gasteiger partial charge on any atom is 0.341 e. The fourth-order valence-corrected chi connectivity index (χ4v) is 4.90. The average Bonchev–Trinajstić information content (AvgIpc) is 3.48. The van der Waals surface area contributed by atoms with Crippen LogP contribution in [0.1, 0.15) is 62.9 Å². The van der Waals surface area contributed by atoms with E-state index in [1.165, 1.54) is 10.8 Å². The molecule has 1 aromatic heterocycles. The van der Waals surface area contributed by atoms with Gasteiger partial charge in [0, 0.05) is 25.3 Å².